The summed E-state index contributed by atoms with van der Waals surface area (Å²) in [5.74, 6) is 0.735. The molecule has 0 radical (unpaired) electrons. The van der Waals surface area contributed by atoms with Gasteiger partial charge in [-0.05, 0) is 18.6 Å². The maximum Gasteiger partial charge on any atom is 0.120 e. The summed E-state index contributed by atoms with van der Waals surface area (Å²) in [7, 11) is 0. The van der Waals surface area contributed by atoms with Gasteiger partial charge < -0.3 is 19.7 Å². The fraction of sp³-hybridized carbons (Fsp3) is 0.500. The summed E-state index contributed by atoms with van der Waals surface area (Å²) in [6.45, 7) is 0.712. The normalized spacial score (nSPS) is 30.0. The first kappa shape index (κ1) is 11.4. The predicted molar refractivity (Wildman–Crippen MR) is 58.3 cm³/mol. The lowest BCUT2D eigenvalue weighted by atomic mass is 10.0. The highest BCUT2D eigenvalue weighted by atomic mass is 16.5. The number of para-hydroxylation sites is 1. The Morgan fingerprint density at radius 1 is 1.25 bits per heavy atom. The van der Waals surface area contributed by atoms with Gasteiger partial charge in [0.1, 0.15) is 24.6 Å². The molecular formula is C12H16O4. The Morgan fingerprint density at radius 3 is 2.75 bits per heavy atom. The van der Waals surface area contributed by atoms with Crippen molar-refractivity contribution in [2.45, 2.75) is 24.7 Å². The van der Waals surface area contributed by atoms with E-state index in [1.54, 1.807) is 0 Å². The Labute approximate surface area is 94.4 Å². The molecule has 1 aliphatic heterocycles. The van der Waals surface area contributed by atoms with Gasteiger partial charge in [-0.3, -0.25) is 0 Å². The second-order valence-corrected chi connectivity index (χ2v) is 3.88. The van der Waals surface area contributed by atoms with Crippen LogP contribution in [-0.4, -0.2) is 41.7 Å². The van der Waals surface area contributed by atoms with Gasteiger partial charge in [-0.1, -0.05) is 18.2 Å². The van der Waals surface area contributed by atoms with Gasteiger partial charge in [0.15, 0.2) is 0 Å². The lowest BCUT2D eigenvalue weighted by Gasteiger charge is -2.31. The molecule has 16 heavy (non-hydrogen) atoms. The van der Waals surface area contributed by atoms with E-state index in [1.165, 1.54) is 0 Å². The Kier molecular flexibility index (Phi) is 3.77. The highest BCUT2D eigenvalue weighted by Crippen LogP contribution is 2.16. The summed E-state index contributed by atoms with van der Waals surface area (Å²) in [5.41, 5.74) is 0. The second kappa shape index (κ2) is 5.30. The van der Waals surface area contributed by atoms with E-state index in [-0.39, 0.29) is 6.61 Å². The first-order valence-corrected chi connectivity index (χ1v) is 5.43. The van der Waals surface area contributed by atoms with Crippen LogP contribution in [0, 0.1) is 0 Å². The molecule has 1 aromatic rings. The molecule has 1 aliphatic rings. The summed E-state index contributed by atoms with van der Waals surface area (Å²) in [4.78, 5) is 0. The summed E-state index contributed by atoms with van der Waals surface area (Å²) in [5, 5.41) is 19.1. The summed E-state index contributed by atoms with van der Waals surface area (Å²) in [6.07, 6.45) is -1.55. The Bertz CT molecular complexity index is 314. The molecule has 0 saturated carbocycles. The zero-order valence-corrected chi connectivity index (χ0v) is 8.95. The van der Waals surface area contributed by atoms with Gasteiger partial charge in [0.25, 0.3) is 0 Å². The number of aliphatic hydroxyl groups is 2. The largest absolute Gasteiger partial charge is 0.491 e. The van der Waals surface area contributed by atoms with Crippen molar-refractivity contribution in [3.05, 3.63) is 30.3 Å². The van der Waals surface area contributed by atoms with Crippen molar-refractivity contribution in [1.29, 1.82) is 0 Å². The fourth-order valence-electron chi connectivity index (χ4n) is 1.70. The lowest BCUT2D eigenvalue weighted by molar-refractivity contribution is -0.144. The summed E-state index contributed by atoms with van der Waals surface area (Å²) in [6, 6.07) is 9.34. The average Bonchev–Trinajstić information content (AvgIpc) is 2.32. The van der Waals surface area contributed by atoms with E-state index in [1.807, 2.05) is 30.3 Å². The van der Waals surface area contributed by atoms with Crippen LogP contribution in [0.1, 0.15) is 6.42 Å². The number of hydrogen-bond donors (Lipinski definition) is 2. The third-order valence-electron chi connectivity index (χ3n) is 2.68. The monoisotopic (exact) mass is 224 g/mol. The van der Waals surface area contributed by atoms with Crippen LogP contribution in [-0.2, 0) is 4.74 Å². The molecule has 0 aromatic heterocycles. The fourth-order valence-corrected chi connectivity index (χ4v) is 1.70. The second-order valence-electron chi connectivity index (χ2n) is 3.88. The average molecular weight is 224 g/mol. The van der Waals surface area contributed by atoms with E-state index in [0.717, 1.165) is 5.75 Å². The maximum absolute atomic E-state index is 9.66. The molecule has 88 valence electrons. The Balaban J connectivity index is 1.85. The molecule has 0 bridgehead atoms. The first-order chi connectivity index (χ1) is 7.77. The van der Waals surface area contributed by atoms with Crippen LogP contribution < -0.4 is 4.74 Å². The number of ether oxygens (including phenoxy) is 2. The first-order valence-electron chi connectivity index (χ1n) is 5.43. The van der Waals surface area contributed by atoms with Crippen LogP contribution in [0.25, 0.3) is 0 Å². The Morgan fingerprint density at radius 2 is 2.00 bits per heavy atom. The van der Waals surface area contributed by atoms with Crippen LogP contribution in [0.4, 0.5) is 0 Å². The SMILES string of the molecule is O[C@@H]1[C@H](O)CCO[C@@H]1COc1ccccc1. The van der Waals surface area contributed by atoms with Gasteiger partial charge in [0.05, 0.1) is 6.10 Å². The topological polar surface area (TPSA) is 58.9 Å². The molecular weight excluding hydrogens is 208 g/mol. The van der Waals surface area contributed by atoms with Crippen LogP contribution in [0.2, 0.25) is 0 Å². The van der Waals surface area contributed by atoms with Crippen molar-refractivity contribution in [2.75, 3.05) is 13.2 Å². The number of hydrogen-bond acceptors (Lipinski definition) is 4. The van der Waals surface area contributed by atoms with Crippen LogP contribution >= 0.6 is 0 Å². The van der Waals surface area contributed by atoms with Gasteiger partial charge in [-0.15, -0.1) is 0 Å². The molecule has 4 heteroatoms. The molecule has 0 spiro atoms. The number of rotatable bonds is 3. The van der Waals surface area contributed by atoms with Gasteiger partial charge in [0.2, 0.25) is 0 Å². The highest BCUT2D eigenvalue weighted by Gasteiger charge is 2.31. The van der Waals surface area contributed by atoms with Gasteiger partial charge in [-0.2, -0.15) is 0 Å². The van der Waals surface area contributed by atoms with Crippen LogP contribution in [0.15, 0.2) is 30.3 Å². The third kappa shape index (κ3) is 2.72. The number of aliphatic hydroxyl groups excluding tert-OH is 2. The van der Waals surface area contributed by atoms with E-state index in [4.69, 9.17) is 9.47 Å². The van der Waals surface area contributed by atoms with Gasteiger partial charge >= 0.3 is 0 Å². The smallest absolute Gasteiger partial charge is 0.120 e. The van der Waals surface area contributed by atoms with Crippen LogP contribution in [0.5, 0.6) is 5.75 Å². The van der Waals surface area contributed by atoms with Crippen molar-refractivity contribution in [2.24, 2.45) is 0 Å². The van der Waals surface area contributed by atoms with Crippen molar-refractivity contribution in [1.82, 2.24) is 0 Å². The van der Waals surface area contributed by atoms with Crippen molar-refractivity contribution < 1.29 is 19.7 Å². The minimum absolute atomic E-state index is 0.252. The summed E-state index contributed by atoms with van der Waals surface area (Å²) < 4.78 is 10.8. The third-order valence-corrected chi connectivity index (χ3v) is 2.68. The van der Waals surface area contributed by atoms with E-state index < -0.39 is 18.3 Å². The van der Waals surface area contributed by atoms with Crippen molar-refractivity contribution in [3.8, 4) is 5.75 Å². The standard InChI is InChI=1S/C12H16O4/c13-10-6-7-15-11(12(10)14)8-16-9-4-2-1-3-5-9/h1-5,10-14H,6-8H2/t10-,11-,12-/m1/s1. The van der Waals surface area contributed by atoms with Crippen molar-refractivity contribution >= 4 is 0 Å². The summed E-state index contributed by atoms with van der Waals surface area (Å²) >= 11 is 0. The zero-order valence-electron chi connectivity index (χ0n) is 8.95. The zero-order chi connectivity index (χ0) is 11.4. The Hall–Kier alpha value is -1.10. The molecule has 2 N–H and O–H groups in total. The van der Waals surface area contributed by atoms with E-state index >= 15 is 0 Å². The molecule has 4 nitrogen and oxygen atoms in total. The number of benzene rings is 1. The molecule has 0 unspecified atom stereocenters. The van der Waals surface area contributed by atoms with Gasteiger partial charge in [-0.25, -0.2) is 0 Å². The maximum atomic E-state index is 9.66. The minimum Gasteiger partial charge on any atom is -0.491 e. The molecule has 1 aromatic carbocycles. The van der Waals surface area contributed by atoms with Crippen LogP contribution in [0.3, 0.4) is 0 Å². The highest BCUT2D eigenvalue weighted by molar-refractivity contribution is 5.20. The lowest BCUT2D eigenvalue weighted by Crippen LogP contribution is -2.47. The molecule has 3 atom stereocenters. The molecule has 0 amide bonds. The molecule has 2 rings (SSSR count). The quantitative estimate of drug-likeness (QED) is 0.788. The minimum atomic E-state index is -0.863. The van der Waals surface area contributed by atoms with E-state index in [9.17, 15) is 10.2 Å². The van der Waals surface area contributed by atoms with E-state index in [2.05, 4.69) is 0 Å². The predicted octanol–water partition coefficient (Wildman–Crippen LogP) is 0.576. The molecule has 1 fully saturated rings. The molecule has 0 aliphatic carbocycles. The van der Waals surface area contributed by atoms with E-state index in [0.29, 0.717) is 13.0 Å². The molecule has 1 saturated heterocycles. The molecule has 1 heterocycles. The van der Waals surface area contributed by atoms with Gasteiger partial charge in [0, 0.05) is 6.61 Å². The van der Waals surface area contributed by atoms with Crippen molar-refractivity contribution in [3.63, 3.8) is 0 Å².